The fourth-order valence-corrected chi connectivity index (χ4v) is 1.26. The van der Waals surface area contributed by atoms with Gasteiger partial charge in [-0.05, 0) is 22.0 Å². The van der Waals surface area contributed by atoms with E-state index >= 15 is 0 Å². The molecule has 68 valence electrons. The van der Waals surface area contributed by atoms with Gasteiger partial charge in [-0.2, -0.15) is 0 Å². The van der Waals surface area contributed by atoms with Crippen molar-refractivity contribution in [2.24, 2.45) is 0 Å². The molecule has 1 rings (SSSR count). The summed E-state index contributed by atoms with van der Waals surface area (Å²) in [5.41, 5.74) is -0.503. The van der Waals surface area contributed by atoms with E-state index in [0.29, 0.717) is 6.29 Å². The largest absolute Gasteiger partial charge is 0.872 e. The molecule has 0 amide bonds. The Bertz CT molecular complexity index is 377. The van der Waals surface area contributed by atoms with Gasteiger partial charge in [-0.3, -0.25) is 14.9 Å². The molecule has 13 heavy (non-hydrogen) atoms. The third-order valence-corrected chi connectivity index (χ3v) is 2.04. The Morgan fingerprint density at radius 2 is 2.08 bits per heavy atom. The Morgan fingerprint density at radius 1 is 1.46 bits per heavy atom. The summed E-state index contributed by atoms with van der Waals surface area (Å²) in [6, 6.07) is 1.95. The maximum absolute atomic E-state index is 11.0. The number of carbonyl (C=O) groups excluding carboxylic acids is 1. The monoisotopic (exact) mass is 244 g/mol. The minimum absolute atomic E-state index is 0.0769. The van der Waals surface area contributed by atoms with Gasteiger partial charge in [0.05, 0.1) is 9.40 Å². The number of aldehydes is 1. The van der Waals surface area contributed by atoms with Crippen LogP contribution in [0.2, 0.25) is 0 Å². The average Bonchev–Trinajstić information content (AvgIpc) is 2.03. The van der Waals surface area contributed by atoms with Crippen LogP contribution in [-0.4, -0.2) is 11.2 Å². The van der Waals surface area contributed by atoms with Crippen LogP contribution in [0.1, 0.15) is 10.4 Å². The molecule has 0 aliphatic carbocycles. The molecule has 0 aliphatic rings. The van der Waals surface area contributed by atoms with Crippen molar-refractivity contribution in [2.45, 2.75) is 0 Å². The molecular formula is C7H3BrNO4-. The summed E-state index contributed by atoms with van der Waals surface area (Å²) in [4.78, 5) is 20.0. The highest BCUT2D eigenvalue weighted by Crippen LogP contribution is 2.29. The normalized spacial score (nSPS) is 9.62. The first-order valence-corrected chi connectivity index (χ1v) is 3.95. The van der Waals surface area contributed by atoms with E-state index in [1.165, 1.54) is 0 Å². The predicted molar refractivity (Wildman–Crippen MR) is 45.6 cm³/mol. The Labute approximate surface area is 81.3 Å². The lowest BCUT2D eigenvalue weighted by Gasteiger charge is -2.08. The van der Waals surface area contributed by atoms with Crippen LogP contribution in [0.25, 0.3) is 0 Å². The topological polar surface area (TPSA) is 83.3 Å². The Balaban J connectivity index is 3.38. The van der Waals surface area contributed by atoms with Gasteiger partial charge in [-0.15, -0.1) is 0 Å². The van der Waals surface area contributed by atoms with Gasteiger partial charge in [0.2, 0.25) is 0 Å². The summed E-state index contributed by atoms with van der Waals surface area (Å²) >= 11 is 2.85. The van der Waals surface area contributed by atoms with Crippen molar-refractivity contribution in [3.8, 4) is 5.75 Å². The number of halogens is 1. The van der Waals surface area contributed by atoms with Crippen LogP contribution in [0.4, 0.5) is 5.69 Å². The molecular weight excluding hydrogens is 242 g/mol. The number of benzene rings is 1. The number of nitrogens with zero attached hydrogens (tertiary/aromatic N) is 1. The number of nitro benzene ring substituents is 1. The summed E-state index contributed by atoms with van der Waals surface area (Å²) in [7, 11) is 0. The summed E-state index contributed by atoms with van der Waals surface area (Å²) in [6.45, 7) is 0. The fraction of sp³-hybridized carbons (Fsp3) is 0. The molecule has 0 heterocycles. The van der Waals surface area contributed by atoms with E-state index in [1.807, 2.05) is 0 Å². The molecule has 0 saturated carbocycles. The molecule has 0 spiro atoms. The molecule has 0 atom stereocenters. The van der Waals surface area contributed by atoms with Gasteiger partial charge in [0.15, 0.2) is 0 Å². The first-order chi connectivity index (χ1) is 6.06. The zero-order valence-corrected chi connectivity index (χ0v) is 7.78. The van der Waals surface area contributed by atoms with Crippen molar-refractivity contribution in [1.29, 1.82) is 0 Å². The smallest absolute Gasteiger partial charge is 0.284 e. The molecule has 1 aromatic rings. The molecule has 1 aromatic carbocycles. The lowest BCUT2D eigenvalue weighted by molar-refractivity contribution is -0.385. The van der Waals surface area contributed by atoms with Gasteiger partial charge in [0.1, 0.15) is 6.29 Å². The minimum Gasteiger partial charge on any atom is -0.872 e. The van der Waals surface area contributed by atoms with Crippen molar-refractivity contribution in [1.82, 2.24) is 0 Å². The van der Waals surface area contributed by atoms with E-state index in [-0.39, 0.29) is 15.7 Å². The Kier molecular flexibility index (Phi) is 2.62. The van der Waals surface area contributed by atoms with Crippen molar-refractivity contribution in [3.05, 3.63) is 32.3 Å². The molecule has 0 aliphatic heterocycles. The van der Waals surface area contributed by atoms with Crippen LogP contribution in [0.3, 0.4) is 0 Å². The molecule has 0 unspecified atom stereocenters. The lowest BCUT2D eigenvalue weighted by atomic mass is 10.2. The van der Waals surface area contributed by atoms with E-state index in [1.54, 1.807) is 0 Å². The SMILES string of the molecule is O=Cc1cc([N+](=O)[O-])c(Br)cc1[O-]. The number of hydrogen-bond acceptors (Lipinski definition) is 4. The van der Waals surface area contributed by atoms with Crippen molar-refractivity contribution < 1.29 is 14.8 Å². The van der Waals surface area contributed by atoms with E-state index in [4.69, 9.17) is 0 Å². The van der Waals surface area contributed by atoms with Gasteiger partial charge in [0, 0.05) is 11.6 Å². The van der Waals surface area contributed by atoms with Crippen LogP contribution in [0.5, 0.6) is 5.75 Å². The second-order valence-electron chi connectivity index (χ2n) is 2.22. The highest BCUT2D eigenvalue weighted by Gasteiger charge is 2.12. The second-order valence-corrected chi connectivity index (χ2v) is 3.07. The molecule has 0 N–H and O–H groups in total. The van der Waals surface area contributed by atoms with E-state index < -0.39 is 10.7 Å². The zero-order valence-electron chi connectivity index (χ0n) is 6.19. The van der Waals surface area contributed by atoms with Gasteiger partial charge >= 0.3 is 0 Å². The first kappa shape index (κ1) is 9.66. The molecule has 0 radical (unpaired) electrons. The summed E-state index contributed by atoms with van der Waals surface area (Å²) in [6.07, 6.45) is 0.293. The van der Waals surface area contributed by atoms with E-state index in [9.17, 15) is 20.0 Å². The second kappa shape index (κ2) is 3.53. The predicted octanol–water partition coefficient (Wildman–Crippen LogP) is 1.24. The quantitative estimate of drug-likeness (QED) is 0.445. The van der Waals surface area contributed by atoms with Crippen LogP contribution in [0.15, 0.2) is 16.6 Å². The number of nitro groups is 1. The van der Waals surface area contributed by atoms with Crippen molar-refractivity contribution in [2.75, 3.05) is 0 Å². The third kappa shape index (κ3) is 1.83. The number of hydrogen-bond donors (Lipinski definition) is 0. The fourth-order valence-electron chi connectivity index (χ4n) is 0.792. The van der Waals surface area contributed by atoms with E-state index in [2.05, 4.69) is 15.9 Å². The maximum atomic E-state index is 11.0. The summed E-state index contributed by atoms with van der Waals surface area (Å²) in [5, 5.41) is 21.3. The molecule has 0 aromatic heterocycles. The highest BCUT2D eigenvalue weighted by atomic mass is 79.9. The summed E-state index contributed by atoms with van der Waals surface area (Å²) < 4.78 is 0.0769. The summed E-state index contributed by atoms with van der Waals surface area (Å²) in [5.74, 6) is -0.535. The number of rotatable bonds is 2. The third-order valence-electron chi connectivity index (χ3n) is 1.40. The zero-order chi connectivity index (χ0) is 10.0. The standard InChI is InChI=1S/C7H4BrNO4/c8-5-2-7(11)4(3-10)1-6(5)9(12)13/h1-3,11H/p-1. The Morgan fingerprint density at radius 3 is 2.54 bits per heavy atom. The van der Waals surface area contributed by atoms with Gasteiger partial charge in [-0.25, -0.2) is 0 Å². The molecule has 6 heteroatoms. The van der Waals surface area contributed by atoms with Crippen LogP contribution in [0, 0.1) is 10.1 Å². The molecule has 0 bridgehead atoms. The van der Waals surface area contributed by atoms with Crippen LogP contribution >= 0.6 is 15.9 Å². The van der Waals surface area contributed by atoms with Crippen LogP contribution in [-0.2, 0) is 0 Å². The molecule has 0 saturated heterocycles. The first-order valence-electron chi connectivity index (χ1n) is 3.16. The molecule has 0 fully saturated rings. The minimum atomic E-state index is -0.670. The van der Waals surface area contributed by atoms with Gasteiger partial charge in [-0.1, -0.05) is 5.75 Å². The van der Waals surface area contributed by atoms with Crippen molar-refractivity contribution in [3.63, 3.8) is 0 Å². The van der Waals surface area contributed by atoms with Gasteiger partial charge < -0.3 is 5.11 Å². The Hall–Kier alpha value is -1.43. The highest BCUT2D eigenvalue weighted by molar-refractivity contribution is 9.10. The van der Waals surface area contributed by atoms with Crippen LogP contribution < -0.4 is 5.11 Å². The lowest BCUT2D eigenvalue weighted by Crippen LogP contribution is -1.98. The average molecular weight is 245 g/mol. The maximum Gasteiger partial charge on any atom is 0.284 e. The van der Waals surface area contributed by atoms with Crippen molar-refractivity contribution >= 4 is 27.9 Å². The van der Waals surface area contributed by atoms with Gasteiger partial charge in [0.25, 0.3) is 5.69 Å². The van der Waals surface area contributed by atoms with E-state index in [0.717, 1.165) is 12.1 Å². The number of carbonyl (C=O) groups is 1. The molecule has 5 nitrogen and oxygen atoms in total.